The maximum absolute atomic E-state index is 13.8. The molecule has 3 aliphatic rings. The molecule has 0 aliphatic carbocycles. The van der Waals surface area contributed by atoms with Gasteiger partial charge in [-0.25, -0.2) is 0 Å². The van der Waals surface area contributed by atoms with Crippen molar-refractivity contribution in [2.75, 3.05) is 25.0 Å². The largest absolute Gasteiger partial charge is 0.335 e. The summed E-state index contributed by atoms with van der Waals surface area (Å²) in [6.07, 6.45) is 11.0. The Labute approximate surface area is 194 Å². The topological polar surface area (TPSA) is 43.9 Å². The molecule has 176 valence electrons. The molecule has 3 heterocycles. The molecule has 3 saturated heterocycles. The Balaban J connectivity index is 1.52. The van der Waals surface area contributed by atoms with E-state index in [9.17, 15) is 9.59 Å². The first-order valence-electron chi connectivity index (χ1n) is 12.9. The molecule has 1 aromatic rings. The maximum atomic E-state index is 13.8. The van der Waals surface area contributed by atoms with E-state index in [1.807, 2.05) is 29.2 Å². The van der Waals surface area contributed by atoms with Crippen molar-refractivity contribution in [3.8, 4) is 0 Å². The Hall–Kier alpha value is -1.88. The van der Waals surface area contributed by atoms with E-state index in [0.29, 0.717) is 30.5 Å². The summed E-state index contributed by atoms with van der Waals surface area (Å²) in [7, 11) is 2.28. The molecule has 3 atom stereocenters. The van der Waals surface area contributed by atoms with Gasteiger partial charge in [-0.05, 0) is 82.2 Å². The second-order valence-electron chi connectivity index (χ2n) is 10.3. The van der Waals surface area contributed by atoms with Gasteiger partial charge in [0.1, 0.15) is 0 Å². The molecule has 0 N–H and O–H groups in total. The summed E-state index contributed by atoms with van der Waals surface area (Å²) < 4.78 is 0. The van der Waals surface area contributed by atoms with Gasteiger partial charge in [-0.3, -0.25) is 9.59 Å². The summed E-state index contributed by atoms with van der Waals surface area (Å²) in [6.45, 7) is 6.12. The van der Waals surface area contributed by atoms with E-state index in [-0.39, 0.29) is 11.8 Å². The number of carbonyl (C=O) groups is 2. The Morgan fingerprint density at radius 3 is 2.22 bits per heavy atom. The van der Waals surface area contributed by atoms with Gasteiger partial charge in [-0.15, -0.1) is 0 Å². The summed E-state index contributed by atoms with van der Waals surface area (Å²) in [5.41, 5.74) is 1.68. The zero-order chi connectivity index (χ0) is 22.7. The van der Waals surface area contributed by atoms with E-state index < -0.39 is 0 Å². The zero-order valence-electron chi connectivity index (χ0n) is 20.3. The van der Waals surface area contributed by atoms with Crippen LogP contribution in [0.25, 0.3) is 0 Å². The Kier molecular flexibility index (Phi) is 7.55. The number of rotatable bonds is 9. The quantitative estimate of drug-likeness (QED) is 0.538. The van der Waals surface area contributed by atoms with Gasteiger partial charge in [0.25, 0.3) is 5.91 Å². The van der Waals surface area contributed by atoms with Crippen LogP contribution in [0.4, 0.5) is 5.69 Å². The van der Waals surface area contributed by atoms with Gasteiger partial charge in [0.05, 0.1) is 0 Å². The summed E-state index contributed by atoms with van der Waals surface area (Å²) in [5, 5.41) is 0. The third-order valence-electron chi connectivity index (χ3n) is 8.10. The molecule has 4 rings (SSSR count). The predicted octanol–water partition coefficient (Wildman–Crippen LogP) is 5.10. The minimum Gasteiger partial charge on any atom is -0.335 e. The second kappa shape index (κ2) is 10.4. The molecule has 0 radical (unpaired) electrons. The van der Waals surface area contributed by atoms with Crippen LogP contribution in [-0.2, 0) is 4.79 Å². The van der Waals surface area contributed by atoms with E-state index in [2.05, 4.69) is 30.7 Å². The van der Waals surface area contributed by atoms with Gasteiger partial charge in [0.15, 0.2) is 0 Å². The highest BCUT2D eigenvalue weighted by atomic mass is 16.2. The second-order valence-corrected chi connectivity index (χ2v) is 10.3. The number of hydrogen-bond acceptors (Lipinski definition) is 3. The lowest BCUT2D eigenvalue weighted by Crippen LogP contribution is -2.47. The van der Waals surface area contributed by atoms with Crippen molar-refractivity contribution in [2.24, 2.45) is 5.92 Å². The standard InChI is InChI=1S/C27H41N3O2/c1-4-7-22(8-5-2)30(19-20-17-24-14-15-25(18-20)28(24)3)27(32)21-10-12-23(13-11-21)29-16-6-9-26(29)31/h10-13,20,22,24-25H,4-9,14-19H2,1-3H3/t20?,24-,25+. The van der Waals surface area contributed by atoms with Gasteiger partial charge < -0.3 is 14.7 Å². The average molecular weight is 440 g/mol. The smallest absolute Gasteiger partial charge is 0.254 e. The lowest BCUT2D eigenvalue weighted by molar-refractivity contribution is -0.117. The van der Waals surface area contributed by atoms with Crippen LogP contribution in [0, 0.1) is 5.92 Å². The number of nitrogens with zero attached hydrogens (tertiary/aromatic N) is 3. The predicted molar refractivity (Wildman–Crippen MR) is 130 cm³/mol. The van der Waals surface area contributed by atoms with Crippen LogP contribution in [0.1, 0.15) is 88.4 Å². The Morgan fingerprint density at radius 1 is 1.06 bits per heavy atom. The van der Waals surface area contributed by atoms with Gasteiger partial charge >= 0.3 is 0 Å². The first-order valence-corrected chi connectivity index (χ1v) is 12.9. The molecule has 5 heteroatoms. The third kappa shape index (κ3) is 4.88. The van der Waals surface area contributed by atoms with Gasteiger partial charge in [-0.2, -0.15) is 0 Å². The monoisotopic (exact) mass is 439 g/mol. The number of fused-ring (bicyclic) bond motifs is 2. The van der Waals surface area contributed by atoms with Crippen molar-refractivity contribution in [1.82, 2.24) is 9.80 Å². The average Bonchev–Trinajstić information content (AvgIpc) is 3.29. The lowest BCUT2D eigenvalue weighted by Gasteiger charge is -2.40. The Morgan fingerprint density at radius 2 is 1.69 bits per heavy atom. The molecule has 3 fully saturated rings. The molecule has 1 aromatic carbocycles. The first kappa shape index (κ1) is 23.3. The number of carbonyl (C=O) groups excluding carboxylic acids is 2. The van der Waals surface area contributed by atoms with Gasteiger partial charge in [0.2, 0.25) is 5.91 Å². The molecule has 0 spiro atoms. The highest BCUT2D eigenvalue weighted by Crippen LogP contribution is 2.38. The van der Waals surface area contributed by atoms with Crippen LogP contribution >= 0.6 is 0 Å². The molecule has 5 nitrogen and oxygen atoms in total. The number of amides is 2. The number of benzene rings is 1. The fraction of sp³-hybridized carbons (Fsp3) is 0.704. The fourth-order valence-corrected chi connectivity index (χ4v) is 6.34. The van der Waals surface area contributed by atoms with Crippen LogP contribution in [-0.4, -0.2) is 59.9 Å². The van der Waals surface area contributed by atoms with E-state index in [0.717, 1.165) is 56.4 Å². The van der Waals surface area contributed by atoms with Crippen LogP contribution in [0.5, 0.6) is 0 Å². The minimum atomic E-state index is 0.169. The van der Waals surface area contributed by atoms with E-state index in [4.69, 9.17) is 0 Å². The summed E-state index contributed by atoms with van der Waals surface area (Å²) >= 11 is 0. The first-order chi connectivity index (χ1) is 15.5. The van der Waals surface area contributed by atoms with Crippen molar-refractivity contribution >= 4 is 17.5 Å². The molecule has 0 aromatic heterocycles. The molecule has 3 aliphatic heterocycles. The number of piperidine rings is 1. The minimum absolute atomic E-state index is 0.169. The molecule has 2 bridgehead atoms. The number of hydrogen-bond donors (Lipinski definition) is 0. The normalized spacial score (nSPS) is 25.7. The van der Waals surface area contributed by atoms with E-state index in [1.165, 1.54) is 25.7 Å². The molecule has 2 amide bonds. The highest BCUT2D eigenvalue weighted by molar-refractivity contribution is 5.97. The van der Waals surface area contributed by atoms with Crippen LogP contribution in [0.15, 0.2) is 24.3 Å². The van der Waals surface area contributed by atoms with E-state index >= 15 is 0 Å². The molecular weight excluding hydrogens is 398 g/mol. The third-order valence-corrected chi connectivity index (χ3v) is 8.10. The van der Waals surface area contributed by atoms with Crippen LogP contribution < -0.4 is 4.90 Å². The summed E-state index contributed by atoms with van der Waals surface area (Å²) in [5.74, 6) is 0.960. The maximum Gasteiger partial charge on any atom is 0.254 e. The molecule has 1 unspecified atom stereocenters. The summed E-state index contributed by atoms with van der Waals surface area (Å²) in [6, 6.07) is 9.49. The van der Waals surface area contributed by atoms with Crippen molar-refractivity contribution in [2.45, 2.75) is 96.2 Å². The fourth-order valence-electron chi connectivity index (χ4n) is 6.34. The van der Waals surface area contributed by atoms with Crippen molar-refractivity contribution in [3.63, 3.8) is 0 Å². The molecular formula is C27H41N3O2. The number of anilines is 1. The molecule has 32 heavy (non-hydrogen) atoms. The van der Waals surface area contributed by atoms with Crippen LogP contribution in [0.3, 0.4) is 0 Å². The van der Waals surface area contributed by atoms with Gasteiger partial charge in [0, 0.05) is 48.9 Å². The van der Waals surface area contributed by atoms with Crippen molar-refractivity contribution < 1.29 is 9.59 Å². The van der Waals surface area contributed by atoms with Crippen LogP contribution in [0.2, 0.25) is 0 Å². The Bertz CT molecular complexity index is 773. The van der Waals surface area contributed by atoms with Crippen molar-refractivity contribution in [3.05, 3.63) is 29.8 Å². The lowest BCUT2D eigenvalue weighted by atomic mass is 9.89. The SMILES string of the molecule is CCCC(CCC)N(CC1C[C@H]2CC[C@@H](C1)N2C)C(=O)c1ccc(N2CCCC2=O)cc1. The van der Waals surface area contributed by atoms with Gasteiger partial charge in [-0.1, -0.05) is 26.7 Å². The van der Waals surface area contributed by atoms with E-state index in [1.54, 1.807) is 0 Å². The summed E-state index contributed by atoms with van der Waals surface area (Å²) in [4.78, 5) is 32.5. The highest BCUT2D eigenvalue weighted by Gasteiger charge is 2.40. The molecule has 0 saturated carbocycles. The van der Waals surface area contributed by atoms with Crippen molar-refractivity contribution in [1.29, 1.82) is 0 Å². The zero-order valence-corrected chi connectivity index (χ0v) is 20.3.